The molecule has 0 radical (unpaired) electrons. The van der Waals surface area contributed by atoms with E-state index in [1.807, 2.05) is 60.8 Å². The number of halogens is 1. The lowest BCUT2D eigenvalue weighted by atomic mass is 10.0. The van der Waals surface area contributed by atoms with E-state index < -0.39 is 0 Å². The van der Waals surface area contributed by atoms with Crippen molar-refractivity contribution < 1.29 is 9.53 Å². The highest BCUT2D eigenvalue weighted by atomic mass is 79.9. The van der Waals surface area contributed by atoms with Crippen LogP contribution in [0.5, 0.6) is 5.75 Å². The summed E-state index contributed by atoms with van der Waals surface area (Å²) in [5.41, 5.74) is 4.57. The van der Waals surface area contributed by atoms with Gasteiger partial charge < -0.3 is 10.1 Å². The average molecular weight is 504 g/mol. The van der Waals surface area contributed by atoms with E-state index in [1.54, 1.807) is 16.9 Å². The summed E-state index contributed by atoms with van der Waals surface area (Å²) in [6.45, 7) is 5.36. The highest BCUT2D eigenvalue weighted by Gasteiger charge is 2.09. The largest absolute Gasteiger partial charge is 0.489 e. The first kappa shape index (κ1) is 22.8. The topological polar surface area (TPSA) is 56.1 Å². The molecule has 0 spiro atoms. The summed E-state index contributed by atoms with van der Waals surface area (Å²) in [4.78, 5) is 12.8. The van der Waals surface area contributed by atoms with Gasteiger partial charge in [-0.2, -0.15) is 5.10 Å². The molecule has 0 fully saturated rings. The molecule has 1 amide bonds. The maximum atomic E-state index is 12.8. The third-order valence-corrected chi connectivity index (χ3v) is 5.82. The molecule has 1 aromatic heterocycles. The smallest absolute Gasteiger partial charge is 0.255 e. The second-order valence-electron chi connectivity index (χ2n) is 8.22. The van der Waals surface area contributed by atoms with Gasteiger partial charge in [-0.1, -0.05) is 66.2 Å². The molecule has 0 aliphatic rings. The Bertz CT molecular complexity index is 1210. The fourth-order valence-corrected chi connectivity index (χ4v) is 3.68. The number of carbonyl (C=O) groups is 1. The van der Waals surface area contributed by atoms with Crippen molar-refractivity contribution in [2.24, 2.45) is 0 Å². The van der Waals surface area contributed by atoms with Crippen molar-refractivity contribution in [3.8, 4) is 5.75 Å². The third kappa shape index (κ3) is 6.33. The van der Waals surface area contributed by atoms with Gasteiger partial charge in [0.1, 0.15) is 12.4 Å². The highest BCUT2D eigenvalue weighted by Crippen LogP contribution is 2.20. The molecule has 4 rings (SSSR count). The van der Waals surface area contributed by atoms with Gasteiger partial charge in [-0.25, -0.2) is 0 Å². The minimum Gasteiger partial charge on any atom is -0.489 e. The van der Waals surface area contributed by atoms with E-state index in [0.717, 1.165) is 21.3 Å². The van der Waals surface area contributed by atoms with E-state index in [2.05, 4.69) is 52.3 Å². The zero-order chi connectivity index (χ0) is 23.2. The van der Waals surface area contributed by atoms with Gasteiger partial charge in [0.2, 0.25) is 0 Å². The van der Waals surface area contributed by atoms with Crippen molar-refractivity contribution in [2.75, 3.05) is 5.32 Å². The fraction of sp³-hybridized carbons (Fsp3) is 0.185. The monoisotopic (exact) mass is 503 g/mol. The van der Waals surface area contributed by atoms with Crippen LogP contribution < -0.4 is 10.1 Å². The van der Waals surface area contributed by atoms with Gasteiger partial charge in [-0.15, -0.1) is 0 Å². The second kappa shape index (κ2) is 10.5. The molecule has 1 heterocycles. The van der Waals surface area contributed by atoms with Crippen LogP contribution in [0.4, 0.5) is 5.69 Å². The van der Waals surface area contributed by atoms with Crippen molar-refractivity contribution in [3.63, 3.8) is 0 Å². The standard InChI is InChI=1S/C27H26BrN3O2/c1-19(2)22-8-12-26(13-9-22)33-18-21-4-3-5-23(14-21)27(32)30-25-15-29-31(17-25)16-20-6-10-24(28)11-7-20/h3-15,17,19H,16,18H2,1-2H3,(H,30,32). The molecule has 3 aromatic carbocycles. The van der Waals surface area contributed by atoms with Crippen LogP contribution in [0.2, 0.25) is 0 Å². The molecule has 1 N–H and O–H groups in total. The number of nitrogens with one attached hydrogen (secondary N) is 1. The van der Waals surface area contributed by atoms with E-state index in [-0.39, 0.29) is 5.91 Å². The molecule has 0 saturated heterocycles. The number of hydrogen-bond donors (Lipinski definition) is 1. The van der Waals surface area contributed by atoms with Gasteiger partial charge in [0.05, 0.1) is 18.4 Å². The number of carbonyl (C=O) groups excluding carboxylic acids is 1. The summed E-state index contributed by atoms with van der Waals surface area (Å²) < 4.78 is 8.74. The second-order valence-corrected chi connectivity index (χ2v) is 9.14. The predicted octanol–water partition coefficient (Wildman–Crippen LogP) is 6.65. The van der Waals surface area contributed by atoms with Crippen molar-refractivity contribution in [2.45, 2.75) is 32.9 Å². The summed E-state index contributed by atoms with van der Waals surface area (Å²) in [7, 11) is 0. The van der Waals surface area contributed by atoms with Gasteiger partial charge in [-0.3, -0.25) is 9.48 Å². The molecular weight excluding hydrogens is 478 g/mol. The van der Waals surface area contributed by atoms with E-state index in [9.17, 15) is 4.79 Å². The van der Waals surface area contributed by atoms with Gasteiger partial charge in [0.25, 0.3) is 5.91 Å². The number of anilines is 1. The van der Waals surface area contributed by atoms with Crippen molar-refractivity contribution in [1.29, 1.82) is 0 Å². The Morgan fingerprint density at radius 1 is 1.03 bits per heavy atom. The highest BCUT2D eigenvalue weighted by molar-refractivity contribution is 9.10. The lowest BCUT2D eigenvalue weighted by molar-refractivity contribution is 0.102. The number of rotatable bonds is 8. The molecule has 0 aliphatic carbocycles. The zero-order valence-electron chi connectivity index (χ0n) is 18.7. The van der Waals surface area contributed by atoms with Gasteiger partial charge in [0.15, 0.2) is 0 Å². The van der Waals surface area contributed by atoms with E-state index in [1.165, 1.54) is 5.56 Å². The Morgan fingerprint density at radius 3 is 2.52 bits per heavy atom. The van der Waals surface area contributed by atoms with E-state index in [0.29, 0.717) is 30.3 Å². The number of benzene rings is 3. The van der Waals surface area contributed by atoms with Crippen LogP contribution in [0, 0.1) is 0 Å². The predicted molar refractivity (Wildman–Crippen MR) is 135 cm³/mol. The number of hydrogen-bond acceptors (Lipinski definition) is 3. The van der Waals surface area contributed by atoms with Crippen LogP contribution in [0.3, 0.4) is 0 Å². The molecule has 0 saturated carbocycles. The van der Waals surface area contributed by atoms with Crippen LogP contribution in [-0.2, 0) is 13.2 Å². The molecule has 5 nitrogen and oxygen atoms in total. The normalized spacial score (nSPS) is 10.9. The van der Waals surface area contributed by atoms with Gasteiger partial charge in [0, 0.05) is 16.2 Å². The van der Waals surface area contributed by atoms with Crippen LogP contribution in [0.25, 0.3) is 0 Å². The maximum absolute atomic E-state index is 12.8. The summed E-state index contributed by atoms with van der Waals surface area (Å²) in [6.07, 6.45) is 3.48. The Morgan fingerprint density at radius 2 is 1.79 bits per heavy atom. The van der Waals surface area contributed by atoms with E-state index in [4.69, 9.17) is 4.74 Å². The van der Waals surface area contributed by atoms with Crippen LogP contribution in [0.15, 0.2) is 89.7 Å². The van der Waals surface area contributed by atoms with Gasteiger partial charge in [-0.05, 0) is 59.0 Å². The van der Waals surface area contributed by atoms with Crippen molar-refractivity contribution in [3.05, 3.63) is 112 Å². The van der Waals surface area contributed by atoms with Crippen LogP contribution in [-0.4, -0.2) is 15.7 Å². The summed E-state index contributed by atoms with van der Waals surface area (Å²) in [5.74, 6) is 1.12. The minimum absolute atomic E-state index is 0.179. The molecule has 168 valence electrons. The van der Waals surface area contributed by atoms with Gasteiger partial charge >= 0.3 is 0 Å². The molecule has 0 bridgehead atoms. The maximum Gasteiger partial charge on any atom is 0.255 e. The fourth-order valence-electron chi connectivity index (χ4n) is 3.41. The summed E-state index contributed by atoms with van der Waals surface area (Å²) in [5, 5.41) is 7.27. The Hall–Kier alpha value is -3.38. The molecular formula is C27H26BrN3O2. The van der Waals surface area contributed by atoms with E-state index >= 15 is 0 Å². The Labute approximate surface area is 202 Å². The molecule has 0 atom stereocenters. The minimum atomic E-state index is -0.179. The molecule has 4 aromatic rings. The lowest BCUT2D eigenvalue weighted by Gasteiger charge is -2.10. The molecule has 0 aliphatic heterocycles. The van der Waals surface area contributed by atoms with Crippen molar-refractivity contribution in [1.82, 2.24) is 9.78 Å². The number of aromatic nitrogens is 2. The number of nitrogens with zero attached hydrogens (tertiary/aromatic N) is 2. The third-order valence-electron chi connectivity index (χ3n) is 5.29. The van der Waals surface area contributed by atoms with Crippen LogP contribution in [0.1, 0.15) is 46.8 Å². The quantitative estimate of drug-likeness (QED) is 0.292. The first-order chi connectivity index (χ1) is 16.0. The Kier molecular flexibility index (Phi) is 7.25. The number of ether oxygens (including phenoxy) is 1. The molecule has 0 unspecified atom stereocenters. The summed E-state index contributed by atoms with van der Waals surface area (Å²) >= 11 is 3.44. The first-order valence-electron chi connectivity index (χ1n) is 10.9. The SMILES string of the molecule is CC(C)c1ccc(OCc2cccc(C(=O)Nc3cnn(Cc4ccc(Br)cc4)c3)c2)cc1. The summed E-state index contributed by atoms with van der Waals surface area (Å²) in [6, 6.07) is 23.7. The number of amides is 1. The zero-order valence-corrected chi connectivity index (χ0v) is 20.2. The first-order valence-corrected chi connectivity index (χ1v) is 11.7. The Balaban J connectivity index is 1.34. The molecule has 6 heteroatoms. The van der Waals surface area contributed by atoms with Crippen LogP contribution >= 0.6 is 15.9 Å². The average Bonchev–Trinajstić information content (AvgIpc) is 3.26. The van der Waals surface area contributed by atoms with Crippen molar-refractivity contribution >= 4 is 27.5 Å². The molecule has 33 heavy (non-hydrogen) atoms. The lowest BCUT2D eigenvalue weighted by Crippen LogP contribution is -2.12.